The molecule has 1 aromatic rings. The quantitative estimate of drug-likeness (QED) is 0.904. The Kier molecular flexibility index (Phi) is 5.67. The highest BCUT2D eigenvalue weighted by Gasteiger charge is 2.24. The van der Waals surface area contributed by atoms with Crippen molar-refractivity contribution in [2.24, 2.45) is 0 Å². The van der Waals surface area contributed by atoms with Crippen molar-refractivity contribution >= 4 is 0 Å². The van der Waals surface area contributed by atoms with E-state index in [0.717, 1.165) is 38.5 Å². The monoisotopic (exact) mass is 298 g/mol. The highest BCUT2D eigenvalue weighted by molar-refractivity contribution is 5.21. The summed E-state index contributed by atoms with van der Waals surface area (Å²) in [6, 6.07) is 3.73. The summed E-state index contributed by atoms with van der Waals surface area (Å²) >= 11 is 0. The van der Waals surface area contributed by atoms with Gasteiger partial charge in [-0.25, -0.2) is 8.78 Å². The number of aliphatic hydroxyl groups excluding tert-OH is 1. The molecule has 0 amide bonds. The van der Waals surface area contributed by atoms with Gasteiger partial charge in [0.05, 0.1) is 6.10 Å². The van der Waals surface area contributed by atoms with Gasteiger partial charge in [0.1, 0.15) is 11.6 Å². The van der Waals surface area contributed by atoms with Gasteiger partial charge in [-0.1, -0.05) is 13.0 Å². The van der Waals surface area contributed by atoms with Crippen LogP contribution in [0.5, 0.6) is 0 Å². The van der Waals surface area contributed by atoms with Crippen LogP contribution in [0.1, 0.15) is 31.4 Å². The van der Waals surface area contributed by atoms with E-state index in [1.165, 1.54) is 12.1 Å². The van der Waals surface area contributed by atoms with Gasteiger partial charge >= 0.3 is 0 Å². The van der Waals surface area contributed by atoms with Crippen molar-refractivity contribution in [2.45, 2.75) is 31.9 Å². The zero-order valence-electron chi connectivity index (χ0n) is 12.7. The first-order valence-corrected chi connectivity index (χ1v) is 7.57. The standard InChI is InChI=1S/C16H24F2N2O/c1-3-20-8-6-13(7-9-20)19(2)11-16(21)14-5-4-12(17)10-15(14)18/h4-5,10,13,16,21H,3,6-9,11H2,1-2H3. The molecule has 1 fully saturated rings. The van der Waals surface area contributed by atoms with Gasteiger partial charge in [0.15, 0.2) is 0 Å². The zero-order valence-corrected chi connectivity index (χ0v) is 12.7. The van der Waals surface area contributed by atoms with Gasteiger partial charge in [-0.2, -0.15) is 0 Å². The number of halogens is 2. The molecule has 1 unspecified atom stereocenters. The third kappa shape index (κ3) is 4.22. The Morgan fingerprint density at radius 2 is 2.00 bits per heavy atom. The molecule has 1 saturated heterocycles. The Morgan fingerprint density at radius 3 is 2.57 bits per heavy atom. The van der Waals surface area contributed by atoms with E-state index in [1.807, 2.05) is 7.05 Å². The number of hydrogen-bond donors (Lipinski definition) is 1. The van der Waals surface area contributed by atoms with Crippen LogP contribution >= 0.6 is 0 Å². The van der Waals surface area contributed by atoms with Gasteiger partial charge in [0, 0.05) is 24.2 Å². The molecule has 1 aliphatic rings. The van der Waals surface area contributed by atoms with E-state index in [1.54, 1.807) is 0 Å². The van der Waals surface area contributed by atoms with E-state index in [0.29, 0.717) is 12.6 Å². The van der Waals surface area contributed by atoms with Crippen molar-refractivity contribution in [1.29, 1.82) is 0 Å². The van der Waals surface area contributed by atoms with Crippen molar-refractivity contribution in [3.8, 4) is 0 Å². The highest BCUT2D eigenvalue weighted by atomic mass is 19.1. The summed E-state index contributed by atoms with van der Waals surface area (Å²) in [5.74, 6) is -1.31. The van der Waals surface area contributed by atoms with E-state index < -0.39 is 17.7 Å². The van der Waals surface area contributed by atoms with Crippen molar-refractivity contribution in [1.82, 2.24) is 9.80 Å². The fraction of sp³-hybridized carbons (Fsp3) is 0.625. The normalized spacial score (nSPS) is 19.1. The average molecular weight is 298 g/mol. The van der Waals surface area contributed by atoms with Gasteiger partial charge in [-0.3, -0.25) is 0 Å². The number of benzene rings is 1. The summed E-state index contributed by atoms with van der Waals surface area (Å²) in [6.07, 6.45) is 1.19. The number of piperidine rings is 1. The average Bonchev–Trinajstić information content (AvgIpc) is 2.47. The number of nitrogens with zero attached hydrogens (tertiary/aromatic N) is 2. The van der Waals surface area contributed by atoms with Gasteiger partial charge in [0.2, 0.25) is 0 Å². The SMILES string of the molecule is CCN1CCC(N(C)CC(O)c2ccc(F)cc2F)CC1. The van der Waals surface area contributed by atoms with Crippen LogP contribution in [0.2, 0.25) is 0 Å². The lowest BCUT2D eigenvalue weighted by Crippen LogP contribution is -2.44. The molecule has 1 heterocycles. The largest absolute Gasteiger partial charge is 0.387 e. The summed E-state index contributed by atoms with van der Waals surface area (Å²) < 4.78 is 26.6. The van der Waals surface area contributed by atoms with Crippen molar-refractivity contribution in [2.75, 3.05) is 33.2 Å². The Balaban J connectivity index is 1.91. The molecule has 21 heavy (non-hydrogen) atoms. The molecule has 118 valence electrons. The Hall–Kier alpha value is -1.04. The lowest BCUT2D eigenvalue weighted by atomic mass is 10.0. The van der Waals surface area contributed by atoms with E-state index in [4.69, 9.17) is 0 Å². The molecule has 0 saturated carbocycles. The van der Waals surface area contributed by atoms with Crippen molar-refractivity contribution in [3.05, 3.63) is 35.4 Å². The second-order valence-corrected chi connectivity index (χ2v) is 5.79. The zero-order chi connectivity index (χ0) is 15.4. The highest BCUT2D eigenvalue weighted by Crippen LogP contribution is 2.22. The predicted molar refractivity (Wildman–Crippen MR) is 79.1 cm³/mol. The Morgan fingerprint density at radius 1 is 1.33 bits per heavy atom. The summed E-state index contributed by atoms with van der Waals surface area (Å²) in [5.41, 5.74) is 0.161. The number of hydrogen-bond acceptors (Lipinski definition) is 3. The lowest BCUT2D eigenvalue weighted by molar-refractivity contribution is 0.0731. The maximum Gasteiger partial charge on any atom is 0.131 e. The second-order valence-electron chi connectivity index (χ2n) is 5.79. The molecule has 0 aromatic heterocycles. The molecular formula is C16H24F2N2O. The van der Waals surface area contributed by atoms with Crippen molar-refractivity contribution in [3.63, 3.8) is 0 Å². The molecule has 3 nitrogen and oxygen atoms in total. The van der Waals surface area contributed by atoms with Crippen LogP contribution < -0.4 is 0 Å². The van der Waals surface area contributed by atoms with Crippen LogP contribution in [0, 0.1) is 11.6 Å². The number of aliphatic hydroxyl groups is 1. The van der Waals surface area contributed by atoms with Gasteiger partial charge in [-0.15, -0.1) is 0 Å². The fourth-order valence-electron chi connectivity index (χ4n) is 2.97. The Bertz CT molecular complexity index is 462. The first-order valence-electron chi connectivity index (χ1n) is 7.57. The molecule has 1 N–H and O–H groups in total. The van der Waals surface area contributed by atoms with E-state index in [-0.39, 0.29) is 5.56 Å². The molecule has 1 aliphatic heterocycles. The molecule has 2 rings (SSSR count). The summed E-state index contributed by atoms with van der Waals surface area (Å²) in [4.78, 5) is 4.49. The first-order chi connectivity index (χ1) is 10.0. The van der Waals surface area contributed by atoms with Crippen LogP contribution in [-0.4, -0.2) is 54.2 Å². The number of likely N-dealkylation sites (N-methyl/N-ethyl adjacent to an activating group) is 1. The first kappa shape index (κ1) is 16.3. The lowest BCUT2D eigenvalue weighted by Gasteiger charge is -2.37. The molecule has 0 aliphatic carbocycles. The summed E-state index contributed by atoms with van der Waals surface area (Å²) in [5, 5.41) is 10.2. The predicted octanol–water partition coefficient (Wildman–Crippen LogP) is 2.41. The maximum atomic E-state index is 13.7. The minimum atomic E-state index is -0.931. The molecule has 0 radical (unpaired) electrons. The van der Waals surface area contributed by atoms with Crippen LogP contribution in [0.4, 0.5) is 8.78 Å². The smallest absolute Gasteiger partial charge is 0.131 e. The van der Waals surface area contributed by atoms with Gasteiger partial charge < -0.3 is 14.9 Å². The molecular weight excluding hydrogens is 274 g/mol. The summed E-state index contributed by atoms with van der Waals surface area (Å²) in [7, 11) is 1.96. The fourth-order valence-corrected chi connectivity index (χ4v) is 2.97. The number of likely N-dealkylation sites (tertiary alicyclic amines) is 1. The number of rotatable bonds is 5. The second kappa shape index (κ2) is 7.29. The van der Waals surface area contributed by atoms with Crippen LogP contribution in [0.25, 0.3) is 0 Å². The Labute approximate surface area is 125 Å². The molecule has 0 bridgehead atoms. The molecule has 1 atom stereocenters. The minimum absolute atomic E-state index is 0.161. The summed E-state index contributed by atoms with van der Waals surface area (Å²) in [6.45, 7) is 5.71. The molecule has 0 spiro atoms. The van der Waals surface area contributed by atoms with Crippen LogP contribution in [-0.2, 0) is 0 Å². The maximum absolute atomic E-state index is 13.7. The van der Waals surface area contributed by atoms with E-state index >= 15 is 0 Å². The third-order valence-electron chi connectivity index (χ3n) is 4.41. The van der Waals surface area contributed by atoms with Crippen molar-refractivity contribution < 1.29 is 13.9 Å². The van der Waals surface area contributed by atoms with Crippen LogP contribution in [0.15, 0.2) is 18.2 Å². The van der Waals surface area contributed by atoms with E-state index in [2.05, 4.69) is 16.7 Å². The topological polar surface area (TPSA) is 26.7 Å². The van der Waals surface area contributed by atoms with Crippen LogP contribution in [0.3, 0.4) is 0 Å². The molecule has 5 heteroatoms. The minimum Gasteiger partial charge on any atom is -0.387 e. The van der Waals surface area contributed by atoms with E-state index in [9.17, 15) is 13.9 Å². The third-order valence-corrected chi connectivity index (χ3v) is 4.41. The van der Waals surface area contributed by atoms with Gasteiger partial charge in [-0.05, 0) is 45.6 Å². The van der Waals surface area contributed by atoms with Gasteiger partial charge in [0.25, 0.3) is 0 Å². The molecule has 1 aromatic carbocycles.